The summed E-state index contributed by atoms with van der Waals surface area (Å²) in [4.78, 5) is 16.5. The Hall–Kier alpha value is -3.44. The van der Waals surface area contributed by atoms with Crippen LogP contribution in [-0.2, 0) is 31.3 Å². The molecule has 174 valence electrons. The van der Waals surface area contributed by atoms with Crippen LogP contribution >= 0.6 is 0 Å². The lowest BCUT2D eigenvalue weighted by molar-refractivity contribution is -0.114. The number of anilines is 3. The van der Waals surface area contributed by atoms with Gasteiger partial charge >= 0.3 is 0 Å². The second-order valence-corrected chi connectivity index (χ2v) is 10.7. The maximum absolute atomic E-state index is 12.6. The number of aryl methyl sites for hydroxylation is 1. The van der Waals surface area contributed by atoms with Crippen LogP contribution in [0.4, 0.5) is 17.2 Å². The van der Waals surface area contributed by atoms with Crippen LogP contribution in [0, 0.1) is 0 Å². The van der Waals surface area contributed by atoms with Gasteiger partial charge < -0.3 is 5.32 Å². The van der Waals surface area contributed by atoms with Crippen molar-refractivity contribution in [3.63, 3.8) is 0 Å². The number of carbonyl (C=O) groups excluding carboxylic acids is 1. The van der Waals surface area contributed by atoms with Gasteiger partial charge in [-0.3, -0.25) is 13.8 Å². The number of hydrogen-bond donors (Lipinski definition) is 2. The summed E-state index contributed by atoms with van der Waals surface area (Å²) in [6.45, 7) is 1.48. The van der Waals surface area contributed by atoms with E-state index in [1.54, 1.807) is 30.3 Å². The Kier molecular flexibility index (Phi) is 7.34. The molecule has 0 fully saturated rings. The van der Waals surface area contributed by atoms with Crippen LogP contribution in [0.25, 0.3) is 0 Å². The first-order chi connectivity index (χ1) is 15.6. The molecule has 1 heterocycles. The summed E-state index contributed by atoms with van der Waals surface area (Å²) >= 11 is 0. The molecule has 1 amide bonds. The fraction of sp³-hybridized carbons (Fsp3) is 0.182. The smallest absolute Gasteiger partial charge is 0.263 e. The number of sulfonamides is 2. The Labute approximate surface area is 193 Å². The van der Waals surface area contributed by atoms with Crippen LogP contribution < -0.4 is 14.3 Å². The molecule has 33 heavy (non-hydrogen) atoms. The van der Waals surface area contributed by atoms with Gasteiger partial charge in [-0.2, -0.15) is 0 Å². The quantitative estimate of drug-likeness (QED) is 0.477. The molecule has 2 N–H and O–H groups in total. The van der Waals surface area contributed by atoms with Crippen molar-refractivity contribution in [2.45, 2.75) is 18.2 Å². The van der Waals surface area contributed by atoms with Gasteiger partial charge in [-0.1, -0.05) is 31.2 Å². The lowest BCUT2D eigenvalue weighted by Gasteiger charge is -2.24. The topological polar surface area (TPSA) is 126 Å². The first-order valence-corrected chi connectivity index (χ1v) is 13.3. The number of aromatic nitrogens is 1. The molecule has 11 heteroatoms. The molecule has 0 atom stereocenters. The third kappa shape index (κ3) is 6.30. The summed E-state index contributed by atoms with van der Waals surface area (Å²) in [5.74, 6) is -0.378. The molecule has 3 aromatic rings. The lowest BCUT2D eigenvalue weighted by Crippen LogP contribution is -2.38. The molecule has 0 saturated heterocycles. The van der Waals surface area contributed by atoms with Crippen molar-refractivity contribution in [3.05, 3.63) is 78.5 Å². The fourth-order valence-corrected chi connectivity index (χ4v) is 5.00. The van der Waals surface area contributed by atoms with Crippen LogP contribution in [0.3, 0.4) is 0 Å². The van der Waals surface area contributed by atoms with Gasteiger partial charge in [0.1, 0.15) is 12.4 Å². The highest BCUT2D eigenvalue weighted by Crippen LogP contribution is 2.23. The zero-order chi connectivity index (χ0) is 24.1. The standard InChI is InChI=1S/C22H24N4O5S2/c1-3-17-8-4-5-9-20(17)26(32(2,28)29)16-22(27)24-18-11-13-19(14-12-18)33(30,31)25-21-10-6-7-15-23-21/h4-15H,3,16H2,1-2H3,(H,23,25)(H,24,27). The third-order valence-corrected chi connectivity index (χ3v) is 7.18. The molecular weight excluding hydrogens is 464 g/mol. The molecule has 0 aliphatic carbocycles. The number of benzene rings is 2. The molecule has 0 bridgehead atoms. The number of amides is 1. The monoisotopic (exact) mass is 488 g/mol. The van der Waals surface area contributed by atoms with E-state index >= 15 is 0 Å². The van der Waals surface area contributed by atoms with E-state index in [0.717, 1.165) is 16.1 Å². The predicted molar refractivity (Wildman–Crippen MR) is 128 cm³/mol. The van der Waals surface area contributed by atoms with Gasteiger partial charge in [-0.05, 0) is 54.4 Å². The summed E-state index contributed by atoms with van der Waals surface area (Å²) in [6.07, 6.45) is 3.11. The zero-order valence-electron chi connectivity index (χ0n) is 18.1. The maximum Gasteiger partial charge on any atom is 0.263 e. The maximum atomic E-state index is 12.6. The summed E-state index contributed by atoms with van der Waals surface area (Å²) < 4.78 is 53.1. The second kappa shape index (κ2) is 10.0. The first-order valence-electron chi connectivity index (χ1n) is 9.99. The third-order valence-electron chi connectivity index (χ3n) is 4.68. The van der Waals surface area contributed by atoms with Crippen LogP contribution in [0.1, 0.15) is 12.5 Å². The van der Waals surface area contributed by atoms with Gasteiger partial charge in [0, 0.05) is 11.9 Å². The number of rotatable bonds is 9. The molecule has 0 saturated carbocycles. The van der Waals surface area contributed by atoms with Crippen molar-refractivity contribution in [1.82, 2.24) is 4.98 Å². The molecule has 0 aliphatic heterocycles. The van der Waals surface area contributed by atoms with E-state index in [1.807, 2.05) is 13.0 Å². The van der Waals surface area contributed by atoms with Crippen molar-refractivity contribution in [1.29, 1.82) is 0 Å². The van der Waals surface area contributed by atoms with Gasteiger partial charge in [0.05, 0.1) is 16.8 Å². The van der Waals surface area contributed by atoms with Gasteiger partial charge in [0.25, 0.3) is 10.0 Å². The van der Waals surface area contributed by atoms with Crippen LogP contribution in [-0.4, -0.2) is 40.5 Å². The lowest BCUT2D eigenvalue weighted by atomic mass is 10.1. The molecule has 0 unspecified atom stereocenters. The highest BCUT2D eigenvalue weighted by Gasteiger charge is 2.23. The summed E-state index contributed by atoms with van der Waals surface area (Å²) in [5.41, 5.74) is 1.57. The van der Waals surface area contributed by atoms with E-state index in [9.17, 15) is 21.6 Å². The molecular formula is C22H24N4O5S2. The Morgan fingerprint density at radius 3 is 2.21 bits per heavy atom. The number of para-hydroxylation sites is 1. The Balaban J connectivity index is 1.73. The van der Waals surface area contributed by atoms with E-state index in [0.29, 0.717) is 17.8 Å². The normalized spacial score (nSPS) is 11.6. The average Bonchev–Trinajstić information content (AvgIpc) is 2.77. The summed E-state index contributed by atoms with van der Waals surface area (Å²) in [6, 6.07) is 17.4. The molecule has 0 radical (unpaired) electrons. The SMILES string of the molecule is CCc1ccccc1N(CC(=O)Nc1ccc(S(=O)(=O)Nc2ccccn2)cc1)S(C)(=O)=O. The van der Waals surface area contributed by atoms with Gasteiger partial charge in [0.2, 0.25) is 15.9 Å². The van der Waals surface area contributed by atoms with Crippen molar-refractivity contribution in [2.75, 3.05) is 27.1 Å². The minimum atomic E-state index is -3.85. The van der Waals surface area contributed by atoms with E-state index in [4.69, 9.17) is 0 Å². The first kappa shape index (κ1) is 24.2. The number of pyridine rings is 1. The summed E-state index contributed by atoms with van der Waals surface area (Å²) in [5, 5.41) is 2.61. The van der Waals surface area contributed by atoms with E-state index in [2.05, 4.69) is 15.0 Å². The number of nitrogens with one attached hydrogen (secondary N) is 2. The largest absolute Gasteiger partial charge is 0.325 e. The van der Waals surface area contributed by atoms with E-state index < -0.39 is 32.5 Å². The minimum absolute atomic E-state index is 0.0132. The Morgan fingerprint density at radius 1 is 0.939 bits per heavy atom. The molecule has 0 spiro atoms. The number of carbonyl (C=O) groups is 1. The summed E-state index contributed by atoms with van der Waals surface area (Å²) in [7, 11) is -7.57. The number of hydrogen-bond acceptors (Lipinski definition) is 6. The van der Waals surface area contributed by atoms with E-state index in [-0.39, 0.29) is 10.7 Å². The Bertz CT molecular complexity index is 1330. The highest BCUT2D eigenvalue weighted by molar-refractivity contribution is 7.92. The van der Waals surface area contributed by atoms with Crippen molar-refractivity contribution >= 4 is 43.1 Å². The average molecular weight is 489 g/mol. The van der Waals surface area contributed by atoms with Crippen LogP contribution in [0.5, 0.6) is 0 Å². The molecule has 0 aliphatic rings. The highest BCUT2D eigenvalue weighted by atomic mass is 32.2. The van der Waals surface area contributed by atoms with Crippen molar-refractivity contribution in [2.24, 2.45) is 0 Å². The second-order valence-electron chi connectivity index (χ2n) is 7.14. The van der Waals surface area contributed by atoms with Gasteiger partial charge in [-0.25, -0.2) is 21.8 Å². The Morgan fingerprint density at radius 2 is 1.61 bits per heavy atom. The van der Waals surface area contributed by atoms with Gasteiger partial charge in [-0.15, -0.1) is 0 Å². The van der Waals surface area contributed by atoms with Gasteiger partial charge in [0.15, 0.2) is 0 Å². The van der Waals surface area contributed by atoms with Crippen LogP contribution in [0.15, 0.2) is 77.8 Å². The van der Waals surface area contributed by atoms with Crippen LogP contribution in [0.2, 0.25) is 0 Å². The minimum Gasteiger partial charge on any atom is -0.325 e. The molecule has 9 nitrogen and oxygen atoms in total. The zero-order valence-corrected chi connectivity index (χ0v) is 19.7. The fourth-order valence-electron chi connectivity index (χ4n) is 3.10. The molecule has 1 aromatic heterocycles. The predicted octanol–water partition coefficient (Wildman–Crippen LogP) is 2.85. The molecule has 3 rings (SSSR count). The number of nitrogens with zero attached hydrogens (tertiary/aromatic N) is 2. The van der Waals surface area contributed by atoms with Crippen molar-refractivity contribution in [3.8, 4) is 0 Å². The molecule has 2 aromatic carbocycles. The van der Waals surface area contributed by atoms with Crippen molar-refractivity contribution < 1.29 is 21.6 Å². The van der Waals surface area contributed by atoms with E-state index in [1.165, 1.54) is 36.5 Å².